The number of halogens is 1. The Hall–Kier alpha value is -2.85. The number of anilines is 1. The Labute approximate surface area is 132 Å². The summed E-state index contributed by atoms with van der Waals surface area (Å²) in [6.07, 6.45) is 1.30. The quantitative estimate of drug-likeness (QED) is 0.939. The molecule has 0 saturated heterocycles. The fraction of sp³-hybridized carbons (Fsp3) is 0.143. The first kappa shape index (κ1) is 15.5. The Morgan fingerprint density at radius 2 is 2.05 bits per heavy atom. The van der Waals surface area contributed by atoms with Gasteiger partial charge in [0, 0.05) is 19.8 Å². The molecule has 1 N–H and O–H groups in total. The minimum Gasteiger partial charge on any atom is -0.437 e. The van der Waals surface area contributed by atoms with Crippen molar-refractivity contribution in [3.63, 3.8) is 0 Å². The molecule has 1 aromatic carbocycles. The van der Waals surface area contributed by atoms with Crippen LogP contribution in [0.15, 0.2) is 30.5 Å². The number of urea groups is 1. The molecule has 0 radical (unpaired) electrons. The number of carbonyl (C=O) groups is 1. The molecule has 0 unspecified atom stereocenters. The van der Waals surface area contributed by atoms with Gasteiger partial charge in [-0.2, -0.15) is 10.2 Å². The van der Waals surface area contributed by atoms with Gasteiger partial charge in [-0.15, -0.1) is 0 Å². The van der Waals surface area contributed by atoms with Gasteiger partial charge in [0.25, 0.3) is 0 Å². The molecular weight excluding hydrogens is 306 g/mol. The molecule has 8 heteroatoms. The molecule has 1 aromatic heterocycles. The minimum absolute atomic E-state index is 0.0331. The monoisotopic (exact) mass is 317 g/mol. The van der Waals surface area contributed by atoms with Crippen LogP contribution in [0.3, 0.4) is 0 Å². The molecule has 0 bridgehead atoms. The lowest BCUT2D eigenvalue weighted by Crippen LogP contribution is -2.27. The maximum atomic E-state index is 11.5. The van der Waals surface area contributed by atoms with Crippen molar-refractivity contribution >= 4 is 23.3 Å². The maximum Gasteiger partial charge on any atom is 0.321 e. The van der Waals surface area contributed by atoms with Crippen LogP contribution in [0.1, 0.15) is 5.82 Å². The largest absolute Gasteiger partial charge is 0.437 e. The van der Waals surface area contributed by atoms with Gasteiger partial charge in [-0.1, -0.05) is 11.6 Å². The third kappa shape index (κ3) is 3.84. The second kappa shape index (κ2) is 6.74. The van der Waals surface area contributed by atoms with Gasteiger partial charge in [-0.25, -0.2) is 9.78 Å². The molecule has 0 fully saturated rings. The first-order chi connectivity index (χ1) is 10.5. The van der Waals surface area contributed by atoms with Gasteiger partial charge in [-0.05, 0) is 24.3 Å². The highest BCUT2D eigenvalue weighted by molar-refractivity contribution is 6.31. The second-order valence-corrected chi connectivity index (χ2v) is 4.82. The first-order valence-corrected chi connectivity index (χ1v) is 6.56. The van der Waals surface area contributed by atoms with Gasteiger partial charge in [-0.3, -0.25) is 0 Å². The number of hydrogen-bond donors (Lipinski definition) is 1. The van der Waals surface area contributed by atoms with Gasteiger partial charge < -0.3 is 15.0 Å². The lowest BCUT2D eigenvalue weighted by Gasteiger charge is -2.12. The van der Waals surface area contributed by atoms with E-state index in [0.29, 0.717) is 11.4 Å². The van der Waals surface area contributed by atoms with E-state index in [2.05, 4.69) is 15.3 Å². The molecule has 0 spiro atoms. The summed E-state index contributed by atoms with van der Waals surface area (Å²) in [5.74, 6) is 0.528. The van der Waals surface area contributed by atoms with Crippen molar-refractivity contribution in [3.05, 3.63) is 41.3 Å². The maximum absolute atomic E-state index is 11.5. The highest BCUT2D eigenvalue weighted by atomic mass is 35.5. The molecule has 0 atom stereocenters. The first-order valence-electron chi connectivity index (χ1n) is 6.18. The predicted molar refractivity (Wildman–Crippen MR) is 81.0 cm³/mol. The molecule has 2 rings (SSSR count). The Morgan fingerprint density at radius 1 is 1.36 bits per heavy atom. The van der Waals surface area contributed by atoms with Crippen LogP contribution < -0.4 is 10.1 Å². The number of nitrogens with one attached hydrogen (secondary N) is 1. The van der Waals surface area contributed by atoms with Crippen molar-refractivity contribution in [2.45, 2.75) is 0 Å². The van der Waals surface area contributed by atoms with E-state index in [1.165, 1.54) is 11.1 Å². The Kier molecular flexibility index (Phi) is 4.76. The SMILES string of the molecule is CN(C)C(=O)Nc1ccc(Oc2nc(C#N)ncc2Cl)cc1. The summed E-state index contributed by atoms with van der Waals surface area (Å²) < 4.78 is 5.50. The number of amides is 2. The normalized spacial score (nSPS) is 9.73. The van der Waals surface area contributed by atoms with Crippen LogP contribution >= 0.6 is 11.6 Å². The van der Waals surface area contributed by atoms with Crippen molar-refractivity contribution in [1.82, 2.24) is 14.9 Å². The highest BCUT2D eigenvalue weighted by Gasteiger charge is 2.08. The number of nitrogens with zero attached hydrogens (tertiary/aromatic N) is 4. The number of nitriles is 1. The summed E-state index contributed by atoms with van der Waals surface area (Å²) in [6.45, 7) is 0. The summed E-state index contributed by atoms with van der Waals surface area (Å²) in [7, 11) is 3.30. The van der Waals surface area contributed by atoms with Crippen molar-refractivity contribution in [2.75, 3.05) is 19.4 Å². The highest BCUT2D eigenvalue weighted by Crippen LogP contribution is 2.27. The lowest BCUT2D eigenvalue weighted by atomic mass is 10.3. The topological polar surface area (TPSA) is 91.1 Å². The zero-order valence-corrected chi connectivity index (χ0v) is 12.6. The fourth-order valence-electron chi connectivity index (χ4n) is 1.43. The van der Waals surface area contributed by atoms with Crippen LogP contribution in [0, 0.1) is 11.3 Å². The lowest BCUT2D eigenvalue weighted by molar-refractivity contribution is 0.230. The molecule has 112 valence electrons. The molecule has 1 heterocycles. The van der Waals surface area contributed by atoms with Crippen LogP contribution in [-0.4, -0.2) is 35.0 Å². The van der Waals surface area contributed by atoms with Crippen molar-refractivity contribution in [2.24, 2.45) is 0 Å². The number of benzene rings is 1. The van der Waals surface area contributed by atoms with Crippen LogP contribution in [0.25, 0.3) is 0 Å². The van der Waals surface area contributed by atoms with Gasteiger partial charge in [0.2, 0.25) is 11.7 Å². The van der Waals surface area contributed by atoms with E-state index in [1.807, 2.05) is 6.07 Å². The summed E-state index contributed by atoms with van der Waals surface area (Å²) in [4.78, 5) is 20.6. The molecule has 0 aliphatic carbocycles. The van der Waals surface area contributed by atoms with Gasteiger partial charge in [0.1, 0.15) is 16.8 Å². The summed E-state index contributed by atoms with van der Waals surface area (Å²) in [6, 6.07) is 8.23. The molecular formula is C14H12ClN5O2. The van der Waals surface area contributed by atoms with E-state index >= 15 is 0 Å². The average Bonchev–Trinajstić information content (AvgIpc) is 2.51. The average molecular weight is 318 g/mol. The van der Waals surface area contributed by atoms with Gasteiger partial charge in [0.15, 0.2) is 0 Å². The van der Waals surface area contributed by atoms with E-state index < -0.39 is 0 Å². The van der Waals surface area contributed by atoms with Crippen molar-refractivity contribution < 1.29 is 9.53 Å². The smallest absolute Gasteiger partial charge is 0.321 e. The minimum atomic E-state index is -0.230. The van der Waals surface area contributed by atoms with E-state index in [1.54, 1.807) is 38.4 Å². The zero-order valence-electron chi connectivity index (χ0n) is 11.9. The standard InChI is InChI=1S/C14H12ClN5O2/c1-20(2)14(21)18-9-3-5-10(6-4-9)22-13-11(15)8-17-12(7-16)19-13/h3-6,8H,1-2H3,(H,18,21). The van der Waals surface area contributed by atoms with Crippen molar-refractivity contribution in [1.29, 1.82) is 5.26 Å². The number of rotatable bonds is 3. The summed E-state index contributed by atoms with van der Waals surface area (Å²) in [5.41, 5.74) is 0.623. The Balaban J connectivity index is 2.12. The summed E-state index contributed by atoms with van der Waals surface area (Å²) in [5, 5.41) is 11.7. The van der Waals surface area contributed by atoms with E-state index in [0.717, 1.165) is 0 Å². The number of carbonyl (C=O) groups excluding carboxylic acids is 1. The van der Waals surface area contributed by atoms with Gasteiger partial charge >= 0.3 is 6.03 Å². The van der Waals surface area contributed by atoms with E-state index in [9.17, 15) is 4.79 Å². The molecule has 22 heavy (non-hydrogen) atoms. The Bertz CT molecular complexity index is 725. The number of ether oxygens (including phenoxy) is 1. The third-order valence-electron chi connectivity index (χ3n) is 2.54. The number of hydrogen-bond acceptors (Lipinski definition) is 5. The third-order valence-corrected chi connectivity index (χ3v) is 2.80. The second-order valence-electron chi connectivity index (χ2n) is 4.41. The molecule has 7 nitrogen and oxygen atoms in total. The predicted octanol–water partition coefficient (Wildman–Crippen LogP) is 2.89. The fourth-order valence-corrected chi connectivity index (χ4v) is 1.56. The summed E-state index contributed by atoms with van der Waals surface area (Å²) >= 11 is 5.92. The molecule has 2 amide bonds. The zero-order chi connectivity index (χ0) is 16.1. The Morgan fingerprint density at radius 3 is 2.64 bits per heavy atom. The molecule has 0 aliphatic rings. The molecule has 0 aliphatic heterocycles. The van der Waals surface area contributed by atoms with Gasteiger partial charge in [0.05, 0.1) is 6.20 Å². The van der Waals surface area contributed by atoms with E-state index in [-0.39, 0.29) is 22.8 Å². The van der Waals surface area contributed by atoms with Crippen LogP contribution in [-0.2, 0) is 0 Å². The number of aromatic nitrogens is 2. The van der Waals surface area contributed by atoms with Crippen LogP contribution in [0.5, 0.6) is 11.6 Å². The molecule has 0 saturated carbocycles. The van der Waals surface area contributed by atoms with Crippen LogP contribution in [0.2, 0.25) is 5.02 Å². The molecule has 2 aromatic rings. The van der Waals surface area contributed by atoms with E-state index in [4.69, 9.17) is 21.6 Å². The van der Waals surface area contributed by atoms with Crippen LogP contribution in [0.4, 0.5) is 10.5 Å². The van der Waals surface area contributed by atoms with Crippen molar-refractivity contribution in [3.8, 4) is 17.7 Å².